The number of anilines is 1. The van der Waals surface area contributed by atoms with E-state index >= 15 is 0 Å². The Balaban J connectivity index is 1.88. The molecule has 0 bridgehead atoms. The van der Waals surface area contributed by atoms with Gasteiger partial charge in [0.1, 0.15) is 10.6 Å². The van der Waals surface area contributed by atoms with Gasteiger partial charge in [-0.25, -0.2) is 9.97 Å². The van der Waals surface area contributed by atoms with Gasteiger partial charge in [0, 0.05) is 24.4 Å². The van der Waals surface area contributed by atoms with Crippen molar-refractivity contribution in [3.05, 3.63) is 10.4 Å². The number of aromatic nitrogens is 2. The molecule has 0 unspecified atom stereocenters. The number of nitrogens with zero attached hydrogens (tertiary/aromatic N) is 3. The van der Waals surface area contributed by atoms with Crippen LogP contribution in [0, 0.1) is 0 Å². The van der Waals surface area contributed by atoms with E-state index in [1.54, 1.807) is 23.1 Å². The van der Waals surface area contributed by atoms with Crippen molar-refractivity contribution in [2.75, 3.05) is 37.0 Å². The minimum absolute atomic E-state index is 0.125. The Morgan fingerprint density at radius 2 is 2.04 bits per heavy atom. The van der Waals surface area contributed by atoms with Gasteiger partial charge in [0.05, 0.1) is 30.8 Å². The summed E-state index contributed by atoms with van der Waals surface area (Å²) in [5.41, 5.74) is 1.26. The minimum atomic E-state index is -0.125. The first-order valence-electron chi connectivity index (χ1n) is 8.49. The van der Waals surface area contributed by atoms with E-state index in [9.17, 15) is 0 Å². The fourth-order valence-electron chi connectivity index (χ4n) is 3.30. The van der Waals surface area contributed by atoms with Gasteiger partial charge < -0.3 is 14.4 Å². The average Bonchev–Trinajstić information content (AvgIpc) is 2.92. The summed E-state index contributed by atoms with van der Waals surface area (Å²) in [4.78, 5) is 14.5. The fraction of sp³-hybridized carbons (Fsp3) is 0.647. The number of hydrogen-bond acceptors (Lipinski definition) is 7. The van der Waals surface area contributed by atoms with Crippen LogP contribution in [0.25, 0.3) is 10.2 Å². The third-order valence-electron chi connectivity index (χ3n) is 4.48. The van der Waals surface area contributed by atoms with Gasteiger partial charge >= 0.3 is 0 Å². The molecule has 4 rings (SSSR count). The molecule has 2 aliphatic heterocycles. The summed E-state index contributed by atoms with van der Waals surface area (Å²) in [6.45, 7) is 10.5. The van der Waals surface area contributed by atoms with Crippen molar-refractivity contribution in [1.82, 2.24) is 9.97 Å². The molecular formula is C17H23N3O2S2. The highest BCUT2D eigenvalue weighted by Crippen LogP contribution is 2.42. The van der Waals surface area contributed by atoms with E-state index in [-0.39, 0.29) is 5.60 Å². The van der Waals surface area contributed by atoms with E-state index < -0.39 is 0 Å². The zero-order valence-corrected chi connectivity index (χ0v) is 16.1. The molecule has 0 amide bonds. The highest BCUT2D eigenvalue weighted by Gasteiger charge is 2.32. The van der Waals surface area contributed by atoms with Gasteiger partial charge in [-0.3, -0.25) is 0 Å². The highest BCUT2D eigenvalue weighted by molar-refractivity contribution is 7.99. The second kappa shape index (κ2) is 6.44. The Morgan fingerprint density at radius 3 is 2.79 bits per heavy atom. The molecule has 0 saturated carbocycles. The Kier molecular flexibility index (Phi) is 4.45. The normalized spacial score (nSPS) is 20.4. The van der Waals surface area contributed by atoms with E-state index in [1.807, 2.05) is 0 Å². The van der Waals surface area contributed by atoms with E-state index in [4.69, 9.17) is 19.4 Å². The first-order chi connectivity index (χ1) is 11.6. The number of thiophene rings is 1. The van der Waals surface area contributed by atoms with Gasteiger partial charge in [-0.05, 0) is 25.2 Å². The molecule has 24 heavy (non-hydrogen) atoms. The molecule has 4 heterocycles. The molecule has 5 nitrogen and oxygen atoms in total. The Morgan fingerprint density at radius 1 is 1.25 bits per heavy atom. The van der Waals surface area contributed by atoms with Crippen LogP contribution < -0.4 is 4.90 Å². The average molecular weight is 366 g/mol. The largest absolute Gasteiger partial charge is 0.378 e. The lowest BCUT2D eigenvalue weighted by Crippen LogP contribution is -2.37. The Bertz CT molecular complexity index is 754. The lowest BCUT2D eigenvalue weighted by Gasteiger charge is -2.32. The smallest absolute Gasteiger partial charge is 0.190 e. The topological polar surface area (TPSA) is 47.5 Å². The minimum Gasteiger partial charge on any atom is -0.378 e. The van der Waals surface area contributed by atoms with Crippen LogP contribution in [0.1, 0.15) is 31.2 Å². The van der Waals surface area contributed by atoms with Gasteiger partial charge in [-0.15, -0.1) is 11.3 Å². The van der Waals surface area contributed by atoms with E-state index in [1.165, 1.54) is 15.8 Å². The molecule has 0 aromatic carbocycles. The lowest BCUT2D eigenvalue weighted by atomic mass is 9.94. The predicted molar refractivity (Wildman–Crippen MR) is 99.4 cm³/mol. The standard InChI is InChI=1S/C17H23N3O2S2/c1-4-23-16-18-14(20-5-7-21-8-6-20)13-11-9-17(2,3)22-10-12(11)24-15(13)19-16/h4-10H2,1-3H3. The number of fused-ring (bicyclic) bond motifs is 3. The summed E-state index contributed by atoms with van der Waals surface area (Å²) in [6, 6.07) is 0. The number of morpholine rings is 1. The molecule has 0 aliphatic carbocycles. The number of ether oxygens (including phenoxy) is 2. The maximum absolute atomic E-state index is 6.01. The van der Waals surface area contributed by atoms with Crippen molar-refractivity contribution in [2.24, 2.45) is 0 Å². The molecule has 2 aromatic rings. The first kappa shape index (κ1) is 16.6. The summed E-state index contributed by atoms with van der Waals surface area (Å²) in [6.07, 6.45) is 0.920. The lowest BCUT2D eigenvalue weighted by molar-refractivity contribution is -0.0379. The molecule has 2 aliphatic rings. The van der Waals surface area contributed by atoms with Crippen LogP contribution in [0.2, 0.25) is 0 Å². The van der Waals surface area contributed by atoms with Crippen molar-refractivity contribution in [1.29, 1.82) is 0 Å². The van der Waals surface area contributed by atoms with Crippen LogP contribution in [0.5, 0.6) is 0 Å². The van der Waals surface area contributed by atoms with Crippen LogP contribution in [0.15, 0.2) is 5.16 Å². The van der Waals surface area contributed by atoms with Crippen molar-refractivity contribution >= 4 is 39.1 Å². The summed E-state index contributed by atoms with van der Waals surface area (Å²) < 4.78 is 11.5. The summed E-state index contributed by atoms with van der Waals surface area (Å²) in [7, 11) is 0. The molecule has 1 fully saturated rings. The predicted octanol–water partition coefficient (Wildman–Crippen LogP) is 3.49. The van der Waals surface area contributed by atoms with Gasteiger partial charge in [-0.1, -0.05) is 18.7 Å². The van der Waals surface area contributed by atoms with Gasteiger partial charge in [0.15, 0.2) is 5.16 Å². The molecule has 0 atom stereocenters. The second-order valence-electron chi connectivity index (χ2n) is 6.77. The quantitative estimate of drug-likeness (QED) is 0.613. The zero-order chi connectivity index (χ0) is 16.7. The Hall–Kier alpha value is -0.890. The molecule has 7 heteroatoms. The first-order valence-corrected chi connectivity index (χ1v) is 10.3. The number of hydrogen-bond donors (Lipinski definition) is 0. The molecule has 0 spiro atoms. The van der Waals surface area contributed by atoms with Crippen molar-refractivity contribution in [2.45, 2.75) is 44.6 Å². The highest BCUT2D eigenvalue weighted by atomic mass is 32.2. The zero-order valence-electron chi connectivity index (χ0n) is 14.4. The third-order valence-corrected chi connectivity index (χ3v) is 6.30. The molecular weight excluding hydrogens is 342 g/mol. The van der Waals surface area contributed by atoms with Crippen LogP contribution in [0.3, 0.4) is 0 Å². The van der Waals surface area contributed by atoms with E-state index in [0.29, 0.717) is 6.61 Å². The van der Waals surface area contributed by atoms with Crippen LogP contribution >= 0.6 is 23.1 Å². The van der Waals surface area contributed by atoms with Crippen LogP contribution in [-0.4, -0.2) is 47.6 Å². The molecule has 130 valence electrons. The molecule has 0 N–H and O–H groups in total. The summed E-state index contributed by atoms with van der Waals surface area (Å²) >= 11 is 3.48. The van der Waals surface area contributed by atoms with Crippen molar-refractivity contribution < 1.29 is 9.47 Å². The SMILES string of the molecule is CCSc1nc(N2CCOCC2)c2c3c(sc2n1)COC(C)(C)C3. The number of rotatable bonds is 3. The fourth-order valence-corrected chi connectivity index (χ4v) is 5.02. The maximum Gasteiger partial charge on any atom is 0.190 e. The molecule has 2 aromatic heterocycles. The molecule has 0 radical (unpaired) electrons. The molecule has 1 saturated heterocycles. The summed E-state index contributed by atoms with van der Waals surface area (Å²) in [5.74, 6) is 2.07. The van der Waals surface area contributed by atoms with Crippen LogP contribution in [-0.2, 0) is 22.5 Å². The van der Waals surface area contributed by atoms with Crippen molar-refractivity contribution in [3.63, 3.8) is 0 Å². The monoisotopic (exact) mass is 365 g/mol. The van der Waals surface area contributed by atoms with E-state index in [2.05, 4.69) is 25.7 Å². The van der Waals surface area contributed by atoms with E-state index in [0.717, 1.165) is 54.3 Å². The number of thioether (sulfide) groups is 1. The van der Waals surface area contributed by atoms with Gasteiger partial charge in [0.2, 0.25) is 0 Å². The van der Waals surface area contributed by atoms with Crippen molar-refractivity contribution in [3.8, 4) is 0 Å². The van der Waals surface area contributed by atoms with Gasteiger partial charge in [-0.2, -0.15) is 0 Å². The Labute approximate surface area is 150 Å². The maximum atomic E-state index is 6.01. The third kappa shape index (κ3) is 3.03. The second-order valence-corrected chi connectivity index (χ2v) is 9.09. The van der Waals surface area contributed by atoms with Crippen LogP contribution in [0.4, 0.5) is 5.82 Å². The van der Waals surface area contributed by atoms with Gasteiger partial charge in [0.25, 0.3) is 0 Å². The summed E-state index contributed by atoms with van der Waals surface area (Å²) in [5, 5.41) is 2.12.